The van der Waals surface area contributed by atoms with Crippen LogP contribution in [0.5, 0.6) is 0 Å². The van der Waals surface area contributed by atoms with Crippen LogP contribution in [-0.4, -0.2) is 61.0 Å². The largest absolute Gasteiger partial charge is 0.340 e. The molecule has 3 fully saturated rings. The lowest BCUT2D eigenvalue weighted by Gasteiger charge is -2.43. The van der Waals surface area contributed by atoms with E-state index in [2.05, 4.69) is 22.0 Å². The highest BCUT2D eigenvalue weighted by molar-refractivity contribution is 5.83. The van der Waals surface area contributed by atoms with Gasteiger partial charge in [-0.1, -0.05) is 13.3 Å². The smallest absolute Gasteiger partial charge is 0.228 e. The summed E-state index contributed by atoms with van der Waals surface area (Å²) in [4.78, 5) is 17.8. The van der Waals surface area contributed by atoms with Gasteiger partial charge < -0.3 is 10.2 Å². The second-order valence-corrected chi connectivity index (χ2v) is 6.84. The third-order valence-corrected chi connectivity index (χ3v) is 5.41. The summed E-state index contributed by atoms with van der Waals surface area (Å²) in [5, 5.41) is 3.41. The molecule has 0 bridgehead atoms. The second-order valence-electron chi connectivity index (χ2n) is 6.84. The van der Waals surface area contributed by atoms with Gasteiger partial charge in [0.2, 0.25) is 5.91 Å². The average molecular weight is 279 g/mol. The normalized spacial score (nSPS) is 27.6. The van der Waals surface area contributed by atoms with E-state index in [1.807, 2.05) is 0 Å². The van der Waals surface area contributed by atoms with Gasteiger partial charge in [0.05, 0.1) is 5.41 Å². The summed E-state index contributed by atoms with van der Waals surface area (Å²) in [7, 11) is 0. The molecule has 0 radical (unpaired) electrons. The predicted octanol–water partition coefficient (Wildman–Crippen LogP) is 1.46. The third-order valence-electron chi connectivity index (χ3n) is 5.41. The summed E-state index contributed by atoms with van der Waals surface area (Å²) >= 11 is 0. The van der Waals surface area contributed by atoms with E-state index in [-0.39, 0.29) is 5.41 Å². The molecule has 2 heterocycles. The van der Waals surface area contributed by atoms with Gasteiger partial charge in [-0.05, 0) is 45.2 Å². The summed E-state index contributed by atoms with van der Waals surface area (Å²) in [6.07, 6.45) is 6.99. The van der Waals surface area contributed by atoms with Crippen LogP contribution in [-0.2, 0) is 4.79 Å². The van der Waals surface area contributed by atoms with Crippen molar-refractivity contribution in [3.05, 3.63) is 0 Å². The van der Waals surface area contributed by atoms with Crippen molar-refractivity contribution in [3.8, 4) is 0 Å². The lowest BCUT2D eigenvalue weighted by molar-refractivity contribution is -0.146. The van der Waals surface area contributed by atoms with Crippen molar-refractivity contribution in [2.24, 2.45) is 5.41 Å². The van der Waals surface area contributed by atoms with Crippen LogP contribution < -0.4 is 5.32 Å². The molecule has 0 aromatic rings. The van der Waals surface area contributed by atoms with E-state index in [1.54, 1.807) is 0 Å². The molecule has 20 heavy (non-hydrogen) atoms. The highest BCUT2D eigenvalue weighted by Crippen LogP contribution is 2.37. The lowest BCUT2D eigenvalue weighted by atomic mass is 9.74. The van der Waals surface area contributed by atoms with Crippen molar-refractivity contribution in [2.45, 2.75) is 51.5 Å². The van der Waals surface area contributed by atoms with Crippen LogP contribution >= 0.6 is 0 Å². The van der Waals surface area contributed by atoms with Crippen molar-refractivity contribution in [2.75, 3.05) is 39.3 Å². The fourth-order valence-electron chi connectivity index (χ4n) is 4.02. The lowest BCUT2D eigenvalue weighted by Crippen LogP contribution is -2.55. The number of hydrogen-bond donors (Lipinski definition) is 1. The van der Waals surface area contributed by atoms with E-state index in [1.165, 1.54) is 12.8 Å². The molecule has 0 unspecified atom stereocenters. The van der Waals surface area contributed by atoms with Gasteiger partial charge in [0.1, 0.15) is 0 Å². The molecule has 2 aliphatic heterocycles. The van der Waals surface area contributed by atoms with Crippen LogP contribution in [0.4, 0.5) is 0 Å². The minimum Gasteiger partial charge on any atom is -0.340 e. The molecule has 0 spiro atoms. The van der Waals surface area contributed by atoms with E-state index in [4.69, 9.17) is 0 Å². The SMILES string of the molecule is CCCC1(C(=O)N2CCN(C3CC3)CC2)CCNCC1. The highest BCUT2D eigenvalue weighted by atomic mass is 16.2. The molecule has 1 N–H and O–H groups in total. The quantitative estimate of drug-likeness (QED) is 0.846. The molecule has 0 aromatic carbocycles. The molecule has 1 amide bonds. The Labute approximate surface area is 122 Å². The molecule has 0 aromatic heterocycles. The fourth-order valence-corrected chi connectivity index (χ4v) is 4.02. The average Bonchev–Trinajstić information content (AvgIpc) is 3.33. The Morgan fingerprint density at radius 1 is 1.15 bits per heavy atom. The highest BCUT2D eigenvalue weighted by Gasteiger charge is 2.42. The Bertz CT molecular complexity index is 334. The maximum atomic E-state index is 13.0. The van der Waals surface area contributed by atoms with Crippen LogP contribution in [0.15, 0.2) is 0 Å². The second kappa shape index (κ2) is 6.02. The summed E-state index contributed by atoms with van der Waals surface area (Å²) < 4.78 is 0. The number of nitrogens with zero attached hydrogens (tertiary/aromatic N) is 2. The number of nitrogens with one attached hydrogen (secondary N) is 1. The number of rotatable bonds is 4. The van der Waals surface area contributed by atoms with E-state index < -0.39 is 0 Å². The van der Waals surface area contributed by atoms with E-state index in [0.29, 0.717) is 5.91 Å². The van der Waals surface area contributed by atoms with Gasteiger partial charge in [-0.3, -0.25) is 9.69 Å². The zero-order valence-corrected chi connectivity index (χ0v) is 12.9. The Morgan fingerprint density at radius 3 is 2.35 bits per heavy atom. The van der Waals surface area contributed by atoms with Gasteiger partial charge in [0, 0.05) is 32.2 Å². The number of piperazine rings is 1. The van der Waals surface area contributed by atoms with Gasteiger partial charge in [-0.25, -0.2) is 0 Å². The van der Waals surface area contributed by atoms with Crippen molar-refractivity contribution in [3.63, 3.8) is 0 Å². The zero-order valence-electron chi connectivity index (χ0n) is 12.9. The summed E-state index contributed by atoms with van der Waals surface area (Å²) in [5.74, 6) is 0.455. The van der Waals surface area contributed by atoms with Crippen LogP contribution in [0.3, 0.4) is 0 Å². The predicted molar refractivity (Wildman–Crippen MR) is 80.6 cm³/mol. The zero-order chi connectivity index (χ0) is 14.0. The van der Waals surface area contributed by atoms with Crippen LogP contribution in [0.25, 0.3) is 0 Å². The van der Waals surface area contributed by atoms with Crippen LogP contribution in [0.1, 0.15) is 45.4 Å². The first kappa shape index (κ1) is 14.3. The molecule has 114 valence electrons. The topological polar surface area (TPSA) is 35.6 Å². The molecular weight excluding hydrogens is 250 g/mol. The van der Waals surface area contributed by atoms with Crippen molar-refractivity contribution >= 4 is 5.91 Å². The Hall–Kier alpha value is -0.610. The Kier molecular flexibility index (Phi) is 4.32. The minimum atomic E-state index is -0.0538. The molecule has 3 aliphatic rings. The Balaban J connectivity index is 1.61. The van der Waals surface area contributed by atoms with E-state index in [9.17, 15) is 4.79 Å². The molecule has 1 saturated carbocycles. The maximum Gasteiger partial charge on any atom is 0.228 e. The van der Waals surface area contributed by atoms with Crippen molar-refractivity contribution in [1.29, 1.82) is 0 Å². The van der Waals surface area contributed by atoms with Gasteiger partial charge in [0.25, 0.3) is 0 Å². The van der Waals surface area contributed by atoms with Gasteiger partial charge in [-0.2, -0.15) is 0 Å². The van der Waals surface area contributed by atoms with Gasteiger partial charge in [-0.15, -0.1) is 0 Å². The standard InChI is InChI=1S/C16H29N3O/c1-2-5-16(6-8-17-9-7-16)15(20)19-12-10-18(11-13-19)14-3-4-14/h14,17H,2-13H2,1H3. The molecular formula is C16H29N3O. The van der Waals surface area contributed by atoms with Crippen molar-refractivity contribution < 1.29 is 4.79 Å². The Morgan fingerprint density at radius 2 is 1.80 bits per heavy atom. The molecule has 1 aliphatic carbocycles. The van der Waals surface area contributed by atoms with Crippen LogP contribution in [0.2, 0.25) is 0 Å². The molecule has 0 atom stereocenters. The number of carbonyl (C=O) groups excluding carboxylic acids is 1. The summed E-state index contributed by atoms with van der Waals surface area (Å²) in [5.41, 5.74) is -0.0538. The van der Waals surface area contributed by atoms with Gasteiger partial charge >= 0.3 is 0 Å². The monoisotopic (exact) mass is 279 g/mol. The first-order valence-corrected chi connectivity index (χ1v) is 8.49. The third kappa shape index (κ3) is 2.86. The van der Waals surface area contributed by atoms with Crippen molar-refractivity contribution in [1.82, 2.24) is 15.1 Å². The van der Waals surface area contributed by atoms with E-state index in [0.717, 1.165) is 71.0 Å². The van der Waals surface area contributed by atoms with E-state index >= 15 is 0 Å². The molecule has 3 rings (SSSR count). The molecule has 4 heteroatoms. The summed E-state index contributed by atoms with van der Waals surface area (Å²) in [6.45, 7) is 8.32. The number of hydrogen-bond acceptors (Lipinski definition) is 3. The summed E-state index contributed by atoms with van der Waals surface area (Å²) in [6, 6.07) is 0.843. The first-order valence-electron chi connectivity index (χ1n) is 8.49. The minimum absolute atomic E-state index is 0.0538. The number of piperidine rings is 1. The fraction of sp³-hybridized carbons (Fsp3) is 0.938. The number of carbonyl (C=O) groups is 1. The molecule has 4 nitrogen and oxygen atoms in total. The first-order chi connectivity index (χ1) is 9.75. The number of amides is 1. The molecule has 2 saturated heterocycles. The maximum absolute atomic E-state index is 13.0. The van der Waals surface area contributed by atoms with Crippen LogP contribution in [0, 0.1) is 5.41 Å². The van der Waals surface area contributed by atoms with Gasteiger partial charge in [0.15, 0.2) is 0 Å².